The number of nitrogens with one attached hydrogen (secondary N) is 1. The summed E-state index contributed by atoms with van der Waals surface area (Å²) in [4.78, 5) is 25.4. The van der Waals surface area contributed by atoms with Gasteiger partial charge in [-0.2, -0.15) is 5.10 Å². The van der Waals surface area contributed by atoms with E-state index < -0.39 is 0 Å². The molecule has 1 aromatic carbocycles. The molecule has 5 nitrogen and oxygen atoms in total. The zero-order valence-corrected chi connectivity index (χ0v) is 14.2. The molecular formula is C18H25N3O2. The molecule has 0 radical (unpaired) electrons. The summed E-state index contributed by atoms with van der Waals surface area (Å²) in [6.07, 6.45) is 5.13. The van der Waals surface area contributed by atoms with Crippen molar-refractivity contribution >= 4 is 18.0 Å². The fraction of sp³-hybridized carbons (Fsp3) is 0.500. The van der Waals surface area contributed by atoms with Crippen LogP contribution in [0.2, 0.25) is 0 Å². The number of carbonyl (C=O) groups is 2. The van der Waals surface area contributed by atoms with Gasteiger partial charge in [0, 0.05) is 13.0 Å². The first-order valence-electron chi connectivity index (χ1n) is 8.15. The highest BCUT2D eigenvalue weighted by Crippen LogP contribution is 2.13. The van der Waals surface area contributed by atoms with Gasteiger partial charge in [-0.05, 0) is 61.9 Å². The van der Waals surface area contributed by atoms with Crippen molar-refractivity contribution in [3.63, 3.8) is 0 Å². The first kappa shape index (κ1) is 17.2. The summed E-state index contributed by atoms with van der Waals surface area (Å²) in [5.41, 5.74) is 7.05. The Morgan fingerprint density at radius 2 is 1.91 bits per heavy atom. The number of hydrogen-bond acceptors (Lipinski definition) is 3. The largest absolute Gasteiger partial charge is 0.333 e. The van der Waals surface area contributed by atoms with Gasteiger partial charge in [-0.15, -0.1) is 0 Å². The van der Waals surface area contributed by atoms with E-state index in [-0.39, 0.29) is 18.4 Å². The number of amides is 2. The van der Waals surface area contributed by atoms with E-state index in [1.165, 1.54) is 11.1 Å². The van der Waals surface area contributed by atoms with Gasteiger partial charge in [-0.3, -0.25) is 9.59 Å². The second-order valence-corrected chi connectivity index (χ2v) is 6.21. The minimum Gasteiger partial charge on any atom is -0.333 e. The summed E-state index contributed by atoms with van der Waals surface area (Å²) < 4.78 is 0. The van der Waals surface area contributed by atoms with Crippen molar-refractivity contribution in [2.75, 3.05) is 13.1 Å². The van der Waals surface area contributed by atoms with Crippen molar-refractivity contribution in [1.82, 2.24) is 10.3 Å². The van der Waals surface area contributed by atoms with Crippen LogP contribution in [0.25, 0.3) is 0 Å². The van der Waals surface area contributed by atoms with Gasteiger partial charge in [0.15, 0.2) is 0 Å². The number of hydrazone groups is 1. The molecule has 0 saturated carbocycles. The van der Waals surface area contributed by atoms with E-state index in [2.05, 4.69) is 36.5 Å². The van der Waals surface area contributed by atoms with Gasteiger partial charge in [0.25, 0.3) is 5.91 Å². The SMILES string of the molecule is Cc1cc(C)c(/C=N\NC(=O)CN2CCCCCC2=O)cc1C. The predicted octanol–water partition coefficient (Wildman–Crippen LogP) is 2.46. The molecule has 23 heavy (non-hydrogen) atoms. The summed E-state index contributed by atoms with van der Waals surface area (Å²) >= 11 is 0. The summed E-state index contributed by atoms with van der Waals surface area (Å²) in [6.45, 7) is 6.89. The maximum absolute atomic E-state index is 11.9. The van der Waals surface area contributed by atoms with Crippen LogP contribution in [0.4, 0.5) is 0 Å². The van der Waals surface area contributed by atoms with Gasteiger partial charge in [0.1, 0.15) is 6.54 Å². The number of aryl methyl sites for hydroxylation is 3. The van der Waals surface area contributed by atoms with Crippen molar-refractivity contribution in [3.05, 3.63) is 34.4 Å². The maximum atomic E-state index is 11.9. The van der Waals surface area contributed by atoms with Gasteiger partial charge < -0.3 is 4.90 Å². The molecule has 0 bridgehead atoms. The van der Waals surface area contributed by atoms with Crippen LogP contribution in [0.3, 0.4) is 0 Å². The Morgan fingerprint density at radius 3 is 2.70 bits per heavy atom. The second-order valence-electron chi connectivity index (χ2n) is 6.21. The Balaban J connectivity index is 1.91. The Morgan fingerprint density at radius 1 is 1.17 bits per heavy atom. The molecule has 1 aliphatic heterocycles. The fourth-order valence-electron chi connectivity index (χ4n) is 2.71. The molecule has 0 atom stereocenters. The van der Waals surface area contributed by atoms with Crippen LogP contribution < -0.4 is 5.43 Å². The third-order valence-electron chi connectivity index (χ3n) is 4.28. The molecule has 0 aliphatic carbocycles. The highest BCUT2D eigenvalue weighted by atomic mass is 16.2. The minimum atomic E-state index is -0.252. The minimum absolute atomic E-state index is 0.0617. The Labute approximate surface area is 137 Å². The van der Waals surface area contributed by atoms with Gasteiger partial charge in [0.05, 0.1) is 6.21 Å². The van der Waals surface area contributed by atoms with Crippen LogP contribution in [0, 0.1) is 20.8 Å². The van der Waals surface area contributed by atoms with Gasteiger partial charge in [-0.25, -0.2) is 5.43 Å². The Kier molecular flexibility index (Phi) is 5.90. The Bertz CT molecular complexity index is 623. The number of likely N-dealkylation sites (tertiary alicyclic amines) is 1. The number of nitrogens with zero attached hydrogens (tertiary/aromatic N) is 2. The van der Waals surface area contributed by atoms with Crippen LogP contribution in [-0.4, -0.2) is 36.0 Å². The lowest BCUT2D eigenvalue weighted by atomic mass is 10.0. The molecular weight excluding hydrogens is 290 g/mol. The third-order valence-corrected chi connectivity index (χ3v) is 4.28. The number of benzene rings is 1. The van der Waals surface area contributed by atoms with Crippen molar-refractivity contribution < 1.29 is 9.59 Å². The molecule has 1 aromatic rings. The zero-order chi connectivity index (χ0) is 16.8. The van der Waals surface area contributed by atoms with E-state index in [1.807, 2.05) is 6.92 Å². The molecule has 1 N–H and O–H groups in total. The van der Waals surface area contributed by atoms with Crippen molar-refractivity contribution in [3.8, 4) is 0 Å². The number of hydrogen-bond donors (Lipinski definition) is 1. The fourth-order valence-corrected chi connectivity index (χ4v) is 2.71. The van der Waals surface area contributed by atoms with E-state index in [9.17, 15) is 9.59 Å². The highest BCUT2D eigenvalue weighted by Gasteiger charge is 2.18. The van der Waals surface area contributed by atoms with Crippen LogP contribution in [-0.2, 0) is 9.59 Å². The van der Waals surface area contributed by atoms with Gasteiger partial charge in [0.2, 0.25) is 5.91 Å². The average Bonchev–Trinajstić information content (AvgIpc) is 2.69. The Hall–Kier alpha value is -2.17. The monoisotopic (exact) mass is 315 g/mol. The zero-order valence-electron chi connectivity index (χ0n) is 14.2. The molecule has 0 spiro atoms. The van der Waals surface area contributed by atoms with E-state index in [0.29, 0.717) is 13.0 Å². The number of carbonyl (C=O) groups excluding carboxylic acids is 2. The summed E-state index contributed by atoms with van der Waals surface area (Å²) in [5.74, 6) is -0.190. The normalized spacial score (nSPS) is 15.8. The lowest BCUT2D eigenvalue weighted by molar-refractivity contribution is -0.135. The van der Waals surface area contributed by atoms with Crippen molar-refractivity contribution in [2.24, 2.45) is 5.10 Å². The molecule has 1 heterocycles. The molecule has 0 aromatic heterocycles. The smallest absolute Gasteiger partial charge is 0.259 e. The molecule has 2 rings (SSSR count). The molecule has 124 valence electrons. The molecule has 1 aliphatic rings. The summed E-state index contributed by atoms with van der Waals surface area (Å²) in [7, 11) is 0. The lowest BCUT2D eigenvalue weighted by Gasteiger charge is -2.18. The molecule has 1 saturated heterocycles. The standard InChI is InChI=1S/C18H25N3O2/c1-13-9-15(3)16(10-14(13)2)11-19-20-17(22)12-21-8-6-4-5-7-18(21)23/h9-11H,4-8,12H2,1-3H3,(H,20,22)/b19-11-. The van der Waals surface area contributed by atoms with Gasteiger partial charge in [-0.1, -0.05) is 12.5 Å². The highest BCUT2D eigenvalue weighted by molar-refractivity contribution is 5.87. The predicted molar refractivity (Wildman–Crippen MR) is 91.4 cm³/mol. The van der Waals surface area contributed by atoms with Crippen LogP contribution in [0.15, 0.2) is 17.2 Å². The molecule has 5 heteroatoms. The van der Waals surface area contributed by atoms with Crippen molar-refractivity contribution in [1.29, 1.82) is 0 Å². The van der Waals surface area contributed by atoms with Crippen LogP contribution in [0.1, 0.15) is 47.9 Å². The number of rotatable bonds is 4. The van der Waals surface area contributed by atoms with E-state index in [1.54, 1.807) is 11.1 Å². The molecule has 1 fully saturated rings. The lowest BCUT2D eigenvalue weighted by Crippen LogP contribution is -2.39. The molecule has 0 unspecified atom stereocenters. The summed E-state index contributed by atoms with van der Waals surface area (Å²) in [6, 6.07) is 4.16. The molecule has 2 amide bonds. The van der Waals surface area contributed by atoms with E-state index in [4.69, 9.17) is 0 Å². The van der Waals surface area contributed by atoms with Crippen molar-refractivity contribution in [2.45, 2.75) is 46.5 Å². The maximum Gasteiger partial charge on any atom is 0.259 e. The second kappa shape index (κ2) is 7.90. The van der Waals surface area contributed by atoms with Gasteiger partial charge >= 0.3 is 0 Å². The quantitative estimate of drug-likeness (QED) is 0.685. The topological polar surface area (TPSA) is 61.8 Å². The average molecular weight is 315 g/mol. The first-order valence-corrected chi connectivity index (χ1v) is 8.15. The third kappa shape index (κ3) is 4.91. The van der Waals surface area contributed by atoms with Crippen LogP contribution in [0.5, 0.6) is 0 Å². The van der Waals surface area contributed by atoms with E-state index >= 15 is 0 Å². The van der Waals surface area contributed by atoms with Crippen LogP contribution >= 0.6 is 0 Å². The first-order chi connectivity index (χ1) is 11.0. The summed E-state index contributed by atoms with van der Waals surface area (Å²) in [5, 5.41) is 4.02. The van der Waals surface area contributed by atoms with E-state index in [0.717, 1.165) is 30.4 Å².